The molecular weight excluding hydrogens is 286 g/mol. The van der Waals surface area contributed by atoms with Crippen LogP contribution in [0.25, 0.3) is 0 Å². The predicted octanol–water partition coefficient (Wildman–Crippen LogP) is 4.81. The number of ether oxygens (including phenoxy) is 2. The van der Waals surface area contributed by atoms with Gasteiger partial charge in [-0.1, -0.05) is 37.8 Å². The number of unbranched alkanes of at least 4 members (excludes halogenated alkanes) is 3. The van der Waals surface area contributed by atoms with Crippen molar-refractivity contribution in [3.8, 4) is 11.5 Å². The minimum absolute atomic E-state index is 0.603. The van der Waals surface area contributed by atoms with Crippen LogP contribution in [0.2, 0.25) is 5.02 Å². The molecule has 0 atom stereocenters. The van der Waals surface area contributed by atoms with Crippen LogP contribution in [0.4, 0.5) is 0 Å². The third-order valence-electron chi connectivity index (χ3n) is 3.23. The largest absolute Gasteiger partial charge is 0.490 e. The second kappa shape index (κ2) is 10.7. The van der Waals surface area contributed by atoms with Crippen LogP contribution < -0.4 is 14.8 Å². The van der Waals surface area contributed by atoms with Crippen molar-refractivity contribution in [2.24, 2.45) is 0 Å². The number of nitrogens with one attached hydrogen (secondary N) is 1. The number of benzene rings is 1. The van der Waals surface area contributed by atoms with E-state index in [2.05, 4.69) is 12.2 Å². The average molecular weight is 314 g/mol. The number of hydrogen-bond donors (Lipinski definition) is 1. The van der Waals surface area contributed by atoms with Crippen LogP contribution in [0, 0.1) is 0 Å². The quantitative estimate of drug-likeness (QED) is 0.595. The smallest absolute Gasteiger partial charge is 0.162 e. The minimum Gasteiger partial charge on any atom is -0.490 e. The van der Waals surface area contributed by atoms with E-state index >= 15 is 0 Å². The van der Waals surface area contributed by atoms with Crippen LogP contribution >= 0.6 is 11.6 Å². The van der Waals surface area contributed by atoms with Gasteiger partial charge in [-0.2, -0.15) is 0 Å². The van der Waals surface area contributed by atoms with Gasteiger partial charge in [0.1, 0.15) is 0 Å². The van der Waals surface area contributed by atoms with Crippen molar-refractivity contribution in [2.75, 3.05) is 19.8 Å². The highest BCUT2D eigenvalue weighted by molar-refractivity contribution is 6.31. The summed E-state index contributed by atoms with van der Waals surface area (Å²) in [6.07, 6.45) is 5.06. The molecule has 1 aromatic rings. The molecule has 0 unspecified atom stereocenters. The molecule has 1 N–H and O–H groups in total. The molecule has 4 heteroatoms. The Morgan fingerprint density at radius 2 is 1.62 bits per heavy atom. The van der Waals surface area contributed by atoms with Crippen molar-refractivity contribution in [1.82, 2.24) is 5.32 Å². The van der Waals surface area contributed by atoms with Gasteiger partial charge in [-0.25, -0.2) is 0 Å². The van der Waals surface area contributed by atoms with Crippen LogP contribution in [0.1, 0.15) is 52.0 Å². The molecule has 0 aliphatic carbocycles. The molecule has 0 aliphatic heterocycles. The summed E-state index contributed by atoms with van der Waals surface area (Å²) in [5, 5.41) is 4.17. The first kappa shape index (κ1) is 18.1. The Morgan fingerprint density at radius 1 is 0.952 bits per heavy atom. The molecule has 0 bridgehead atoms. The molecule has 1 aromatic carbocycles. The number of hydrogen-bond acceptors (Lipinski definition) is 3. The van der Waals surface area contributed by atoms with Gasteiger partial charge in [-0.3, -0.25) is 0 Å². The molecule has 120 valence electrons. The van der Waals surface area contributed by atoms with E-state index in [1.807, 2.05) is 26.0 Å². The molecule has 0 radical (unpaired) electrons. The highest BCUT2D eigenvalue weighted by Crippen LogP contribution is 2.33. The lowest BCUT2D eigenvalue weighted by molar-refractivity contribution is 0.287. The van der Waals surface area contributed by atoms with Crippen molar-refractivity contribution in [2.45, 2.75) is 53.0 Å². The van der Waals surface area contributed by atoms with Crippen LogP contribution in [0.5, 0.6) is 11.5 Å². The SMILES string of the molecule is CCCCCCNCc1cc(OCC)c(OCC)cc1Cl. The molecule has 0 aliphatic rings. The zero-order valence-electron chi connectivity index (χ0n) is 13.5. The summed E-state index contributed by atoms with van der Waals surface area (Å²) >= 11 is 6.32. The Kier molecular flexibility index (Phi) is 9.27. The van der Waals surface area contributed by atoms with E-state index in [0.717, 1.165) is 35.2 Å². The zero-order chi connectivity index (χ0) is 15.5. The van der Waals surface area contributed by atoms with Gasteiger partial charge in [0.2, 0.25) is 0 Å². The maximum Gasteiger partial charge on any atom is 0.162 e. The standard InChI is InChI=1S/C17H28ClNO2/c1-4-7-8-9-10-19-13-14-11-16(20-5-2)17(21-6-3)12-15(14)18/h11-12,19H,4-10,13H2,1-3H3. The van der Waals surface area contributed by atoms with Gasteiger partial charge in [0, 0.05) is 17.6 Å². The molecule has 0 spiro atoms. The molecule has 0 aromatic heterocycles. The summed E-state index contributed by atoms with van der Waals surface area (Å²) in [7, 11) is 0. The molecule has 0 heterocycles. The van der Waals surface area contributed by atoms with Gasteiger partial charge in [-0.15, -0.1) is 0 Å². The molecule has 3 nitrogen and oxygen atoms in total. The van der Waals surface area contributed by atoms with Gasteiger partial charge in [0.25, 0.3) is 0 Å². The monoisotopic (exact) mass is 313 g/mol. The van der Waals surface area contributed by atoms with Crippen LogP contribution in [-0.4, -0.2) is 19.8 Å². The van der Waals surface area contributed by atoms with Crippen LogP contribution in [0.3, 0.4) is 0 Å². The van der Waals surface area contributed by atoms with Crippen molar-refractivity contribution in [3.63, 3.8) is 0 Å². The van der Waals surface area contributed by atoms with Gasteiger partial charge >= 0.3 is 0 Å². The zero-order valence-corrected chi connectivity index (χ0v) is 14.3. The summed E-state index contributed by atoms with van der Waals surface area (Å²) in [4.78, 5) is 0. The summed E-state index contributed by atoms with van der Waals surface area (Å²) in [6, 6.07) is 3.83. The third-order valence-corrected chi connectivity index (χ3v) is 3.59. The fraction of sp³-hybridized carbons (Fsp3) is 0.647. The Balaban J connectivity index is 2.58. The van der Waals surface area contributed by atoms with E-state index in [4.69, 9.17) is 21.1 Å². The normalized spacial score (nSPS) is 10.7. The van der Waals surface area contributed by atoms with E-state index in [0.29, 0.717) is 13.2 Å². The molecule has 0 saturated heterocycles. The van der Waals surface area contributed by atoms with Crippen molar-refractivity contribution < 1.29 is 9.47 Å². The van der Waals surface area contributed by atoms with Crippen molar-refractivity contribution in [1.29, 1.82) is 0 Å². The highest BCUT2D eigenvalue weighted by atomic mass is 35.5. The first-order valence-electron chi connectivity index (χ1n) is 8.01. The van der Waals surface area contributed by atoms with E-state index < -0.39 is 0 Å². The van der Waals surface area contributed by atoms with Gasteiger partial charge in [0.15, 0.2) is 11.5 Å². The lowest BCUT2D eigenvalue weighted by Crippen LogP contribution is -2.15. The summed E-state index contributed by atoms with van der Waals surface area (Å²) in [5.74, 6) is 1.49. The van der Waals surface area contributed by atoms with E-state index in [9.17, 15) is 0 Å². The average Bonchev–Trinajstić information content (AvgIpc) is 2.47. The predicted molar refractivity (Wildman–Crippen MR) is 89.6 cm³/mol. The van der Waals surface area contributed by atoms with Gasteiger partial charge in [-0.05, 0) is 38.4 Å². The molecule has 0 fully saturated rings. The lowest BCUT2D eigenvalue weighted by Gasteiger charge is -2.14. The molecule has 1 rings (SSSR count). The van der Waals surface area contributed by atoms with Gasteiger partial charge < -0.3 is 14.8 Å². The van der Waals surface area contributed by atoms with Crippen LogP contribution in [0.15, 0.2) is 12.1 Å². The topological polar surface area (TPSA) is 30.5 Å². The Hall–Kier alpha value is -0.930. The number of rotatable bonds is 11. The minimum atomic E-state index is 0.603. The molecule has 0 saturated carbocycles. The third kappa shape index (κ3) is 6.58. The first-order chi connectivity index (χ1) is 10.2. The van der Waals surface area contributed by atoms with Crippen molar-refractivity contribution in [3.05, 3.63) is 22.7 Å². The number of halogens is 1. The molecule has 21 heavy (non-hydrogen) atoms. The molecular formula is C17H28ClNO2. The highest BCUT2D eigenvalue weighted by Gasteiger charge is 2.10. The second-order valence-corrected chi connectivity index (χ2v) is 5.40. The summed E-state index contributed by atoms with van der Waals surface area (Å²) in [5.41, 5.74) is 1.05. The molecule has 0 amide bonds. The fourth-order valence-corrected chi connectivity index (χ4v) is 2.37. The first-order valence-corrected chi connectivity index (χ1v) is 8.39. The maximum atomic E-state index is 6.32. The van der Waals surface area contributed by atoms with Crippen molar-refractivity contribution >= 4 is 11.6 Å². The Morgan fingerprint density at radius 3 is 2.24 bits per heavy atom. The summed E-state index contributed by atoms with van der Waals surface area (Å²) in [6.45, 7) is 9.15. The fourth-order valence-electron chi connectivity index (χ4n) is 2.15. The van der Waals surface area contributed by atoms with E-state index in [1.54, 1.807) is 0 Å². The van der Waals surface area contributed by atoms with Crippen LogP contribution in [-0.2, 0) is 6.54 Å². The van der Waals surface area contributed by atoms with E-state index in [1.165, 1.54) is 25.7 Å². The Bertz CT molecular complexity index is 410. The second-order valence-electron chi connectivity index (χ2n) is 4.99. The summed E-state index contributed by atoms with van der Waals surface area (Å²) < 4.78 is 11.2. The lowest BCUT2D eigenvalue weighted by atomic mass is 10.1. The van der Waals surface area contributed by atoms with E-state index in [-0.39, 0.29) is 0 Å². The van der Waals surface area contributed by atoms with Gasteiger partial charge in [0.05, 0.1) is 13.2 Å². The Labute approximate surface area is 134 Å². The maximum absolute atomic E-state index is 6.32.